The van der Waals surface area contributed by atoms with Crippen LogP contribution in [0.5, 0.6) is 0 Å². The Labute approximate surface area is 180 Å². The Morgan fingerprint density at radius 1 is 1.13 bits per heavy atom. The van der Waals surface area contributed by atoms with Crippen LogP contribution in [0.3, 0.4) is 0 Å². The van der Waals surface area contributed by atoms with Gasteiger partial charge in [0.1, 0.15) is 11.4 Å². The fourth-order valence-corrected chi connectivity index (χ4v) is 3.69. The molecule has 168 valence electrons. The molecule has 1 aliphatic rings. The molecule has 1 aliphatic heterocycles. The van der Waals surface area contributed by atoms with Crippen LogP contribution in [0.25, 0.3) is 0 Å². The normalized spacial score (nSPS) is 15.6. The van der Waals surface area contributed by atoms with Crippen molar-refractivity contribution in [3.05, 3.63) is 62.3 Å². The van der Waals surface area contributed by atoms with E-state index in [9.17, 15) is 19.5 Å². The second-order valence-corrected chi connectivity index (χ2v) is 7.79. The molecule has 9 nitrogen and oxygen atoms in total. The van der Waals surface area contributed by atoms with Crippen LogP contribution in [0.2, 0.25) is 0 Å². The number of hydrogen-bond acceptors (Lipinski definition) is 7. The summed E-state index contributed by atoms with van der Waals surface area (Å²) in [5.74, 6) is -0.197. The van der Waals surface area contributed by atoms with Crippen LogP contribution in [0.15, 0.2) is 39.9 Å². The van der Waals surface area contributed by atoms with Gasteiger partial charge in [0.05, 0.1) is 19.3 Å². The number of nitrogens with zero attached hydrogens (tertiary/aromatic N) is 3. The molecule has 31 heavy (non-hydrogen) atoms. The van der Waals surface area contributed by atoms with Crippen LogP contribution in [0.1, 0.15) is 22.3 Å². The number of aliphatic hydroxyl groups excluding tert-OH is 1. The first-order valence-corrected chi connectivity index (χ1v) is 10.5. The smallest absolute Gasteiger partial charge is 0.332 e. The van der Waals surface area contributed by atoms with E-state index in [0.717, 1.165) is 23.2 Å². The van der Waals surface area contributed by atoms with Gasteiger partial charge in [0.15, 0.2) is 5.78 Å². The van der Waals surface area contributed by atoms with Gasteiger partial charge in [0.2, 0.25) is 0 Å². The molecule has 1 unspecified atom stereocenters. The molecular formula is C22H30N4O5. The number of aromatic nitrogens is 2. The summed E-state index contributed by atoms with van der Waals surface area (Å²) in [5, 5.41) is 13.4. The number of rotatable bonds is 9. The number of aryl methyl sites for hydroxylation is 1. The van der Waals surface area contributed by atoms with E-state index in [1.165, 1.54) is 18.7 Å². The van der Waals surface area contributed by atoms with Crippen molar-refractivity contribution < 1.29 is 14.6 Å². The van der Waals surface area contributed by atoms with Gasteiger partial charge >= 0.3 is 5.69 Å². The number of Topliss-reactive ketones (excluding diaryl/α,β-unsaturated/α-hetero) is 1. The van der Waals surface area contributed by atoms with Gasteiger partial charge in [-0.3, -0.25) is 23.6 Å². The Hall–Kier alpha value is -2.75. The third-order valence-electron chi connectivity index (χ3n) is 5.50. The van der Waals surface area contributed by atoms with E-state index in [2.05, 4.69) is 10.2 Å². The zero-order chi connectivity index (χ0) is 22.4. The summed E-state index contributed by atoms with van der Waals surface area (Å²) in [6, 6.07) is 9.54. The van der Waals surface area contributed by atoms with Crippen LogP contribution < -0.4 is 16.6 Å². The standard InChI is InChI=1S/C22H30N4O5/c1-24-20(23-14-17(27)15-26-10-12-31-13-11-26)19(21(29)25(2)22(24)30)18(28)9-8-16-6-4-3-5-7-16/h3-7,17,23,27H,8-15H2,1-2H3. The highest BCUT2D eigenvalue weighted by molar-refractivity contribution is 6.00. The van der Waals surface area contributed by atoms with E-state index in [0.29, 0.717) is 26.2 Å². The topological polar surface area (TPSA) is 106 Å². The first-order valence-electron chi connectivity index (χ1n) is 10.5. The number of ether oxygens (including phenoxy) is 1. The summed E-state index contributed by atoms with van der Waals surface area (Å²) in [6.07, 6.45) is -0.0997. The molecule has 2 aromatic rings. The predicted octanol–water partition coefficient (Wildman–Crippen LogP) is 0.00450. The second kappa shape index (κ2) is 10.5. The summed E-state index contributed by atoms with van der Waals surface area (Å²) in [7, 11) is 2.86. The number of carbonyl (C=O) groups excluding carboxylic acids is 1. The van der Waals surface area contributed by atoms with Crippen molar-refractivity contribution >= 4 is 11.6 Å². The highest BCUT2D eigenvalue weighted by Gasteiger charge is 2.23. The summed E-state index contributed by atoms with van der Waals surface area (Å²) < 4.78 is 7.49. The minimum Gasteiger partial charge on any atom is -0.390 e. The van der Waals surface area contributed by atoms with Crippen molar-refractivity contribution in [3.63, 3.8) is 0 Å². The number of benzene rings is 1. The van der Waals surface area contributed by atoms with E-state index in [-0.39, 0.29) is 30.1 Å². The number of β-amino-alcohol motifs (C(OH)–C–C–N with tert-alkyl or cyclic N) is 1. The second-order valence-electron chi connectivity index (χ2n) is 7.79. The summed E-state index contributed by atoms with van der Waals surface area (Å²) in [4.78, 5) is 40.3. The first-order chi connectivity index (χ1) is 14.9. The molecule has 2 N–H and O–H groups in total. The lowest BCUT2D eigenvalue weighted by atomic mass is 10.0. The highest BCUT2D eigenvalue weighted by Crippen LogP contribution is 2.14. The third-order valence-corrected chi connectivity index (χ3v) is 5.50. The molecule has 1 atom stereocenters. The lowest BCUT2D eigenvalue weighted by molar-refractivity contribution is 0.0171. The first kappa shape index (κ1) is 22.9. The van der Waals surface area contributed by atoms with Gasteiger partial charge in [-0.1, -0.05) is 30.3 Å². The van der Waals surface area contributed by atoms with Crippen molar-refractivity contribution in [1.29, 1.82) is 0 Å². The number of carbonyl (C=O) groups is 1. The highest BCUT2D eigenvalue weighted by atomic mass is 16.5. The molecule has 0 aliphatic carbocycles. The number of morpholine rings is 1. The van der Waals surface area contributed by atoms with Gasteiger partial charge < -0.3 is 15.2 Å². The molecule has 0 radical (unpaired) electrons. The molecular weight excluding hydrogens is 400 g/mol. The average molecular weight is 431 g/mol. The Balaban J connectivity index is 1.77. The van der Waals surface area contributed by atoms with Crippen LogP contribution in [0.4, 0.5) is 5.82 Å². The Morgan fingerprint density at radius 2 is 1.81 bits per heavy atom. The van der Waals surface area contributed by atoms with Gasteiger partial charge in [-0.05, 0) is 12.0 Å². The zero-order valence-corrected chi connectivity index (χ0v) is 18.0. The molecule has 1 saturated heterocycles. The zero-order valence-electron chi connectivity index (χ0n) is 18.0. The monoisotopic (exact) mass is 430 g/mol. The molecule has 3 rings (SSSR count). The van der Waals surface area contributed by atoms with E-state index in [1.807, 2.05) is 30.3 Å². The molecule has 1 aromatic heterocycles. The minimum absolute atomic E-state index is 0.0564. The Morgan fingerprint density at radius 3 is 2.48 bits per heavy atom. The average Bonchev–Trinajstić information content (AvgIpc) is 2.79. The molecule has 2 heterocycles. The van der Waals surface area contributed by atoms with Crippen molar-refractivity contribution in [2.45, 2.75) is 18.9 Å². The van der Waals surface area contributed by atoms with Gasteiger partial charge in [0.25, 0.3) is 5.56 Å². The van der Waals surface area contributed by atoms with Crippen molar-refractivity contribution in [2.24, 2.45) is 14.1 Å². The van der Waals surface area contributed by atoms with E-state index < -0.39 is 17.4 Å². The Bertz CT molecular complexity index is 1010. The summed E-state index contributed by atoms with van der Waals surface area (Å²) in [5.41, 5.74) is -0.229. The predicted molar refractivity (Wildman–Crippen MR) is 118 cm³/mol. The van der Waals surface area contributed by atoms with Gasteiger partial charge in [0, 0.05) is 46.7 Å². The fourth-order valence-electron chi connectivity index (χ4n) is 3.69. The van der Waals surface area contributed by atoms with Crippen LogP contribution in [-0.2, 0) is 25.3 Å². The molecule has 0 amide bonds. The van der Waals surface area contributed by atoms with Crippen molar-refractivity contribution in [1.82, 2.24) is 14.0 Å². The largest absolute Gasteiger partial charge is 0.390 e. The maximum absolute atomic E-state index is 13.0. The molecule has 1 fully saturated rings. The van der Waals surface area contributed by atoms with Crippen LogP contribution in [-0.4, -0.2) is 70.4 Å². The molecule has 1 aromatic carbocycles. The van der Waals surface area contributed by atoms with Crippen LogP contribution >= 0.6 is 0 Å². The summed E-state index contributed by atoms with van der Waals surface area (Å²) >= 11 is 0. The fraction of sp³-hybridized carbons (Fsp3) is 0.500. The van der Waals surface area contributed by atoms with Crippen LogP contribution in [0, 0.1) is 0 Å². The number of hydrogen-bond donors (Lipinski definition) is 2. The number of anilines is 1. The van der Waals surface area contributed by atoms with Gasteiger partial charge in [-0.25, -0.2) is 4.79 Å². The van der Waals surface area contributed by atoms with E-state index in [4.69, 9.17) is 4.74 Å². The van der Waals surface area contributed by atoms with Gasteiger partial charge in [-0.2, -0.15) is 0 Å². The van der Waals surface area contributed by atoms with E-state index >= 15 is 0 Å². The maximum Gasteiger partial charge on any atom is 0.332 e. The lowest BCUT2D eigenvalue weighted by Crippen LogP contribution is -2.44. The minimum atomic E-state index is -0.732. The SMILES string of the molecule is Cn1c(NCC(O)CN2CCOCC2)c(C(=O)CCc2ccccc2)c(=O)n(C)c1=O. The summed E-state index contributed by atoms with van der Waals surface area (Å²) in [6.45, 7) is 3.28. The van der Waals surface area contributed by atoms with E-state index in [1.54, 1.807) is 0 Å². The van der Waals surface area contributed by atoms with Gasteiger partial charge in [-0.15, -0.1) is 0 Å². The molecule has 0 saturated carbocycles. The maximum atomic E-state index is 13.0. The Kier molecular flexibility index (Phi) is 7.78. The number of ketones is 1. The van der Waals surface area contributed by atoms with Crippen molar-refractivity contribution in [3.8, 4) is 0 Å². The van der Waals surface area contributed by atoms with Crippen molar-refractivity contribution in [2.75, 3.05) is 44.7 Å². The quantitative estimate of drug-likeness (QED) is 0.540. The number of nitrogens with one attached hydrogen (secondary N) is 1. The molecule has 9 heteroatoms. The number of aliphatic hydroxyl groups is 1. The molecule has 0 bridgehead atoms. The third kappa shape index (κ3) is 5.69. The lowest BCUT2D eigenvalue weighted by Gasteiger charge is -2.28. The molecule has 0 spiro atoms.